The van der Waals surface area contributed by atoms with E-state index < -0.39 is 105 Å². The molecule has 5 atom stereocenters. The molecule has 0 spiro atoms. The smallest absolute Gasteiger partial charge is 0.305 e. The first-order valence-electron chi connectivity index (χ1n) is 29.5. The van der Waals surface area contributed by atoms with Crippen molar-refractivity contribution in [2.45, 2.75) is 94.8 Å². The van der Waals surface area contributed by atoms with Gasteiger partial charge in [0.1, 0.15) is 76.5 Å². The Bertz CT molecular complexity index is 3850. The standard InChI is InChI=1S/C12H16ClFN2O3S.C12H16F2N2O3S.C11H13ClF2N2O2S.C11H14ClFN2O2S.C11H13F3N2O2S/c1-19-11-6-2-5-10(13)12(11)15-20(17,18)16-7-3-4-9(14)8-16;1-19-11-6-2-5-10(13)12(11)9-4-3-7-16(8-9)20(17,18)15-14;12-9-4-1-5-10(14)11(9)15-19(17,18)16-6-2-3-8(13)7-16;12-10-5-1-2-6-11(10)14-18(16,17)15-7-3-4-9(13)8-15;12-8-3-2-6-16(7-8)19(17,18)15-11-9(13)4-1-5-10(11)14/h2*2,5-6,9,15H,3-4,7-8H2,1H3;1,4-5,8,15H,2-3,6-7H2;1-2,5-6,9,14H,3-4,7-8H2;1,4-5,8,15H,2-3,6-7H2. The molecule has 22 nitrogen and oxygen atoms in total. The number of alkyl halides is 4. The third kappa shape index (κ3) is 22.8. The Balaban J connectivity index is 0.000000190. The second-order valence-corrected chi connectivity index (χ2v) is 31.5. The fraction of sp³-hybridized carbons (Fsp3) is 0.474. The molecule has 96 heavy (non-hydrogen) atoms. The number of methoxy groups -OCH3 is 2. The van der Waals surface area contributed by atoms with Crippen molar-refractivity contribution in [1.82, 2.24) is 26.5 Å². The average molecular weight is 1530 g/mol. The predicted molar refractivity (Wildman–Crippen MR) is 350 cm³/mol. The molecule has 5 aliphatic rings. The highest BCUT2D eigenvalue weighted by Crippen LogP contribution is 2.37. The molecule has 0 aromatic heterocycles. The van der Waals surface area contributed by atoms with Gasteiger partial charge in [0.25, 0.3) is 0 Å². The summed E-state index contributed by atoms with van der Waals surface area (Å²) in [6.45, 7) is 0.453. The fourth-order valence-electron chi connectivity index (χ4n) is 10.3. The van der Waals surface area contributed by atoms with Gasteiger partial charge < -0.3 is 9.47 Å². The molecule has 10 rings (SSSR count). The summed E-state index contributed by atoms with van der Waals surface area (Å²) in [6.07, 6.45) is -0.237. The summed E-state index contributed by atoms with van der Waals surface area (Å²) < 4.78 is 263. The van der Waals surface area contributed by atoms with Crippen LogP contribution in [0.25, 0.3) is 0 Å². The van der Waals surface area contributed by atoms with Crippen LogP contribution in [0.15, 0.2) is 97.1 Å². The Hall–Kier alpha value is -5.35. The van der Waals surface area contributed by atoms with Crippen molar-refractivity contribution in [1.29, 1.82) is 0 Å². The monoisotopic (exact) mass is 1520 g/mol. The minimum absolute atomic E-state index is 0.0244. The van der Waals surface area contributed by atoms with Crippen molar-refractivity contribution in [3.8, 4) is 11.5 Å². The maximum atomic E-state index is 14.0. The Kier molecular flexibility index (Phi) is 30.0. The Morgan fingerprint density at radius 3 is 1.15 bits per heavy atom. The molecule has 5 unspecified atom stereocenters. The maximum absolute atomic E-state index is 14.0. The topological polar surface area (TPSA) is 266 Å². The number of halogens is 12. The average Bonchev–Trinajstić information content (AvgIpc) is 0.853. The minimum Gasteiger partial charge on any atom is -0.496 e. The van der Waals surface area contributed by atoms with Crippen LogP contribution in [0.1, 0.15) is 75.7 Å². The van der Waals surface area contributed by atoms with E-state index in [1.165, 1.54) is 38.5 Å². The number of hydrogen-bond donors (Lipinski definition) is 5. The predicted octanol–water partition coefficient (Wildman–Crippen LogP) is 11.2. The van der Waals surface area contributed by atoms with Gasteiger partial charge in [-0.1, -0.05) is 71.2 Å². The van der Waals surface area contributed by atoms with Crippen LogP contribution >= 0.6 is 34.8 Å². The van der Waals surface area contributed by atoms with E-state index in [4.69, 9.17) is 44.3 Å². The van der Waals surface area contributed by atoms with Gasteiger partial charge >= 0.3 is 51.0 Å². The van der Waals surface area contributed by atoms with E-state index in [0.29, 0.717) is 105 Å². The molecule has 5 saturated heterocycles. The summed E-state index contributed by atoms with van der Waals surface area (Å²) in [6, 6.07) is 22.6. The first-order valence-corrected chi connectivity index (χ1v) is 37.9. The van der Waals surface area contributed by atoms with Crippen LogP contribution in [-0.4, -0.2) is 168 Å². The normalized spacial score (nSPS) is 21.2. The van der Waals surface area contributed by atoms with E-state index in [1.807, 2.05) is 4.72 Å². The molecule has 0 aliphatic carbocycles. The summed E-state index contributed by atoms with van der Waals surface area (Å²) >= 11 is 17.6. The van der Waals surface area contributed by atoms with Crippen molar-refractivity contribution in [3.63, 3.8) is 0 Å². The number of para-hydroxylation sites is 4. The van der Waals surface area contributed by atoms with E-state index in [2.05, 4.69) is 14.2 Å². The van der Waals surface area contributed by atoms with Gasteiger partial charge in [0, 0.05) is 76.9 Å². The molecule has 0 bridgehead atoms. The Morgan fingerprint density at radius 2 is 0.719 bits per heavy atom. The van der Waals surface area contributed by atoms with E-state index in [1.54, 1.807) is 48.5 Å². The summed E-state index contributed by atoms with van der Waals surface area (Å²) in [4.78, 5) is 0.799. The lowest BCUT2D eigenvalue weighted by Gasteiger charge is -2.31. The third-order valence-corrected chi connectivity index (χ3v) is 23.1. The molecule has 5 aromatic carbocycles. The van der Waals surface area contributed by atoms with Crippen LogP contribution in [0.5, 0.6) is 11.5 Å². The number of nitrogens with one attached hydrogen (secondary N) is 5. The van der Waals surface area contributed by atoms with Gasteiger partial charge in [-0.15, -0.1) is 4.48 Å². The van der Waals surface area contributed by atoms with Crippen LogP contribution in [0.4, 0.5) is 62.4 Å². The van der Waals surface area contributed by atoms with E-state index in [-0.39, 0.29) is 79.7 Å². The van der Waals surface area contributed by atoms with E-state index in [9.17, 15) is 81.7 Å². The van der Waals surface area contributed by atoms with Gasteiger partial charge in [-0.3, -0.25) is 18.9 Å². The zero-order chi connectivity index (χ0) is 70.8. The van der Waals surface area contributed by atoms with Gasteiger partial charge in [-0.05, 0) is 130 Å². The number of hydrogen-bond acceptors (Lipinski definition) is 12. The fourth-order valence-corrected chi connectivity index (χ4v) is 17.2. The van der Waals surface area contributed by atoms with Crippen LogP contribution in [0.3, 0.4) is 0 Å². The molecule has 0 amide bonds. The summed E-state index contributed by atoms with van der Waals surface area (Å²) in [5, 5.41) is 0.494. The highest BCUT2D eigenvalue weighted by molar-refractivity contribution is 7.91. The van der Waals surface area contributed by atoms with E-state index in [0.717, 1.165) is 50.7 Å². The van der Waals surface area contributed by atoms with Crippen molar-refractivity contribution in [2.24, 2.45) is 0 Å². The number of rotatable bonds is 17. The molecule has 0 radical (unpaired) electrons. The van der Waals surface area contributed by atoms with Crippen molar-refractivity contribution < 1.29 is 91.2 Å². The van der Waals surface area contributed by atoms with Crippen LogP contribution < -0.4 is 33.3 Å². The van der Waals surface area contributed by atoms with Crippen LogP contribution in [0, 0.1) is 23.3 Å². The molecule has 5 aromatic rings. The van der Waals surface area contributed by atoms with Gasteiger partial charge in [0.2, 0.25) is 0 Å². The first kappa shape index (κ1) is 79.6. The molecule has 536 valence electrons. The van der Waals surface area contributed by atoms with Crippen molar-refractivity contribution in [2.75, 3.05) is 98.6 Å². The zero-order valence-electron chi connectivity index (χ0n) is 51.5. The first-order chi connectivity index (χ1) is 45.2. The summed E-state index contributed by atoms with van der Waals surface area (Å²) in [5.41, 5.74) is -0.250. The molecule has 39 heteroatoms. The largest absolute Gasteiger partial charge is 0.496 e. The minimum atomic E-state index is -4.15. The highest BCUT2D eigenvalue weighted by atomic mass is 35.5. The van der Waals surface area contributed by atoms with Gasteiger partial charge in [-0.25, -0.2) is 35.1 Å². The maximum Gasteiger partial charge on any atom is 0.305 e. The number of nitrogens with zero attached hydrogens (tertiary/aromatic N) is 5. The summed E-state index contributed by atoms with van der Waals surface area (Å²) in [5.74, 6) is -2.91. The molecule has 5 heterocycles. The Morgan fingerprint density at radius 1 is 0.385 bits per heavy atom. The Labute approximate surface area is 568 Å². The second-order valence-electron chi connectivity index (χ2n) is 21.9. The van der Waals surface area contributed by atoms with Gasteiger partial charge in [-0.2, -0.15) is 63.6 Å². The highest BCUT2D eigenvalue weighted by Gasteiger charge is 2.36. The third-order valence-electron chi connectivity index (χ3n) is 15.1. The van der Waals surface area contributed by atoms with Crippen LogP contribution in [-0.2, 0) is 51.0 Å². The lowest BCUT2D eigenvalue weighted by atomic mass is 9.90. The molecule has 5 fully saturated rings. The zero-order valence-corrected chi connectivity index (χ0v) is 57.8. The van der Waals surface area contributed by atoms with Gasteiger partial charge in [0.15, 0.2) is 0 Å². The summed E-state index contributed by atoms with van der Waals surface area (Å²) in [7, 11) is -17.0. The molecular formula is C57H72Cl3F9N10O12S5. The number of piperidine rings is 5. The lowest BCUT2D eigenvalue weighted by molar-refractivity contribution is 0.203. The number of ether oxygens (including phenoxy) is 2. The van der Waals surface area contributed by atoms with Gasteiger partial charge in [0.05, 0.1) is 35.0 Å². The molecule has 0 saturated carbocycles. The van der Waals surface area contributed by atoms with Crippen molar-refractivity contribution in [3.05, 3.63) is 141 Å². The van der Waals surface area contributed by atoms with Crippen LogP contribution in [0.2, 0.25) is 15.1 Å². The number of benzene rings is 5. The van der Waals surface area contributed by atoms with Crippen molar-refractivity contribution >= 4 is 109 Å². The molecular weight excluding hydrogens is 1450 g/mol. The SMILES string of the molecule is COc1cccc(Cl)c1NS(=O)(=O)N1CCCC(F)C1.COc1cccc(F)c1C1CCCN(S(=O)(=O)NF)C1.O=S(=O)(Nc1c(F)cccc1Cl)N1CCCC(F)C1.O=S(=O)(Nc1c(F)cccc1F)N1CCCC(F)C1.O=S(=O)(Nc1ccccc1Cl)N1CCCC(F)C1. The quantitative estimate of drug-likeness (QED) is 0.0430. The number of anilines is 4. The second kappa shape index (κ2) is 36.1. The molecule has 5 aliphatic heterocycles. The lowest BCUT2D eigenvalue weighted by Crippen LogP contribution is -2.43. The molecule has 5 N–H and O–H groups in total. The van der Waals surface area contributed by atoms with E-state index >= 15 is 0 Å².